The Labute approximate surface area is 127 Å². The molecule has 0 bridgehead atoms. The van der Waals surface area contributed by atoms with Gasteiger partial charge in [0.15, 0.2) is 0 Å². The Bertz CT molecular complexity index is 672. The van der Waals surface area contributed by atoms with E-state index < -0.39 is 58.7 Å². The van der Waals surface area contributed by atoms with E-state index >= 15 is 0 Å². The zero-order valence-electron chi connectivity index (χ0n) is 12.4. The van der Waals surface area contributed by atoms with Crippen molar-refractivity contribution in [2.45, 2.75) is 49.8 Å². The normalized spacial score (nSPS) is 63.5. The molecule has 2 aliphatic heterocycles. The molecule has 6 heteroatoms. The fourth-order valence-corrected chi connectivity index (χ4v) is 6.05. The van der Waals surface area contributed by atoms with Gasteiger partial charge < -0.3 is 19.7 Å². The average Bonchev–Trinajstić information content (AvgIpc) is 3.02. The van der Waals surface area contributed by atoms with Gasteiger partial charge in [-0.15, -0.1) is 0 Å². The zero-order valence-corrected chi connectivity index (χ0v) is 12.4. The van der Waals surface area contributed by atoms with E-state index in [2.05, 4.69) is 6.58 Å². The molecule has 0 aromatic rings. The number of esters is 1. The van der Waals surface area contributed by atoms with Crippen LogP contribution < -0.4 is 0 Å². The van der Waals surface area contributed by atoms with Crippen molar-refractivity contribution in [3.63, 3.8) is 0 Å². The Kier molecular flexibility index (Phi) is 1.91. The number of rotatable bonds is 1. The summed E-state index contributed by atoms with van der Waals surface area (Å²) in [4.78, 5) is 24.9. The van der Waals surface area contributed by atoms with Gasteiger partial charge in [0.1, 0.15) is 18.0 Å². The van der Waals surface area contributed by atoms with Gasteiger partial charge in [-0.1, -0.05) is 12.2 Å². The van der Waals surface area contributed by atoms with Crippen molar-refractivity contribution < 1.29 is 29.3 Å². The highest BCUT2D eigenvalue weighted by molar-refractivity contribution is 5.97. The van der Waals surface area contributed by atoms with Gasteiger partial charge in [0.2, 0.25) is 5.60 Å². The molecule has 2 heterocycles. The number of fused-ring (bicyclic) bond motifs is 2. The van der Waals surface area contributed by atoms with E-state index in [1.165, 1.54) is 0 Å². The molecule has 118 valence electrons. The lowest BCUT2D eigenvalue weighted by atomic mass is 9.43. The monoisotopic (exact) mass is 306 g/mol. The topological polar surface area (TPSA) is 96.4 Å². The highest BCUT2D eigenvalue weighted by Gasteiger charge is 2.95. The summed E-state index contributed by atoms with van der Waals surface area (Å²) < 4.78 is 11.0. The van der Waals surface area contributed by atoms with Crippen molar-refractivity contribution in [1.29, 1.82) is 0 Å². The van der Waals surface area contributed by atoms with Crippen LogP contribution in [0, 0.1) is 23.2 Å². The predicted octanol–water partition coefficient (Wildman–Crippen LogP) is -0.428. The molecule has 2 saturated heterocycles. The van der Waals surface area contributed by atoms with E-state index in [0.717, 1.165) is 0 Å². The number of ether oxygens (including phenoxy) is 2. The Morgan fingerprint density at radius 2 is 2.09 bits per heavy atom. The molecule has 3 unspecified atom stereocenters. The van der Waals surface area contributed by atoms with Gasteiger partial charge in [0.05, 0.1) is 23.0 Å². The number of hydrogen-bond acceptors (Lipinski definition) is 6. The molecule has 5 rings (SSSR count). The fourth-order valence-electron chi connectivity index (χ4n) is 6.05. The van der Waals surface area contributed by atoms with E-state index in [9.17, 15) is 19.8 Å². The predicted molar refractivity (Wildman–Crippen MR) is 71.5 cm³/mol. The maximum atomic E-state index is 12.6. The van der Waals surface area contributed by atoms with Crippen molar-refractivity contribution in [2.75, 3.05) is 0 Å². The number of allylic oxidation sites excluding steroid dienone is 1. The van der Waals surface area contributed by atoms with E-state index in [4.69, 9.17) is 9.47 Å². The molecular weight excluding hydrogens is 288 g/mol. The second kappa shape index (κ2) is 3.18. The maximum absolute atomic E-state index is 12.6. The third-order valence-electron chi connectivity index (χ3n) is 7.13. The third kappa shape index (κ3) is 0.907. The summed E-state index contributed by atoms with van der Waals surface area (Å²) in [6.07, 6.45) is -1.99. The lowest BCUT2D eigenvalue weighted by Gasteiger charge is -2.62. The Morgan fingerprint density at radius 3 is 2.73 bits per heavy atom. The van der Waals surface area contributed by atoms with Crippen LogP contribution >= 0.6 is 0 Å². The number of Topliss-reactive ketones (excluding diaryl/α,β-unsaturated/α-hetero) is 1. The highest BCUT2D eigenvalue weighted by atomic mass is 16.7. The van der Waals surface area contributed by atoms with E-state index in [0.29, 0.717) is 5.57 Å². The average molecular weight is 306 g/mol. The fraction of sp³-hybridized carbons (Fsp3) is 0.750. The van der Waals surface area contributed by atoms with E-state index in [-0.39, 0.29) is 12.2 Å². The first-order valence-corrected chi connectivity index (χ1v) is 7.70. The summed E-state index contributed by atoms with van der Waals surface area (Å²) in [6, 6.07) is 0. The first-order valence-electron chi connectivity index (χ1n) is 7.70. The minimum atomic E-state index is -1.36. The van der Waals surface area contributed by atoms with Crippen molar-refractivity contribution in [1.82, 2.24) is 0 Å². The quantitative estimate of drug-likeness (QED) is 0.388. The Balaban J connectivity index is 1.70. The number of aliphatic hydroxyl groups excluding tert-OH is 1. The molecule has 0 aromatic heterocycles. The molecule has 3 saturated carbocycles. The van der Waals surface area contributed by atoms with Crippen LogP contribution in [0.2, 0.25) is 0 Å². The van der Waals surface area contributed by atoms with Crippen LogP contribution in [0.1, 0.15) is 20.3 Å². The lowest BCUT2D eigenvalue weighted by molar-refractivity contribution is -0.260. The maximum Gasteiger partial charge on any atom is 0.342 e. The summed E-state index contributed by atoms with van der Waals surface area (Å²) in [5.74, 6) is -2.18. The van der Waals surface area contributed by atoms with Gasteiger partial charge in [-0.3, -0.25) is 4.79 Å². The van der Waals surface area contributed by atoms with Gasteiger partial charge in [-0.2, -0.15) is 0 Å². The smallest absolute Gasteiger partial charge is 0.342 e. The van der Waals surface area contributed by atoms with Gasteiger partial charge in [0.25, 0.3) is 0 Å². The number of aliphatic hydroxyl groups is 2. The first kappa shape index (κ1) is 13.2. The molecule has 3 aliphatic carbocycles. The highest BCUT2D eigenvalue weighted by Crippen LogP contribution is 2.77. The summed E-state index contributed by atoms with van der Waals surface area (Å²) in [5, 5.41) is 22.1. The molecule has 0 amide bonds. The first-order chi connectivity index (χ1) is 10.2. The minimum Gasteiger partial charge on any atom is -0.457 e. The van der Waals surface area contributed by atoms with Crippen LogP contribution in [0.15, 0.2) is 12.2 Å². The molecule has 22 heavy (non-hydrogen) atoms. The number of hydrogen-bond donors (Lipinski definition) is 2. The van der Waals surface area contributed by atoms with Crippen LogP contribution in [0.5, 0.6) is 0 Å². The summed E-state index contributed by atoms with van der Waals surface area (Å²) in [7, 11) is 0. The molecule has 0 aromatic carbocycles. The standard InChI is InChI=1S/C16H18O6/c1-5(2)7-8-9(10(7)17)15(20)4-6-16(22-6)13(19)21-12(11(8)18)14(15,16)3/h6-9,11-12,18,20H,1,4H2,2-3H3/t6-,7?,8?,9-,11-,12-,14-,15?,16+/m1/s1. The Morgan fingerprint density at radius 1 is 1.41 bits per heavy atom. The van der Waals surface area contributed by atoms with Crippen molar-refractivity contribution in [3.05, 3.63) is 12.2 Å². The molecule has 2 N–H and O–H groups in total. The zero-order chi connectivity index (χ0) is 15.8. The van der Waals surface area contributed by atoms with Gasteiger partial charge >= 0.3 is 5.97 Å². The third-order valence-corrected chi connectivity index (χ3v) is 7.13. The molecule has 6 nitrogen and oxygen atoms in total. The molecule has 0 radical (unpaired) electrons. The van der Waals surface area contributed by atoms with Crippen LogP contribution in [0.3, 0.4) is 0 Å². The van der Waals surface area contributed by atoms with Gasteiger partial charge in [-0.05, 0) is 13.8 Å². The number of carbonyl (C=O) groups excluding carboxylic acids is 2. The van der Waals surface area contributed by atoms with E-state index in [1.54, 1.807) is 13.8 Å². The molecular formula is C16H18O6. The summed E-state index contributed by atoms with van der Waals surface area (Å²) in [5.41, 5.74) is -2.93. The molecule has 5 fully saturated rings. The summed E-state index contributed by atoms with van der Waals surface area (Å²) in [6.45, 7) is 7.30. The largest absolute Gasteiger partial charge is 0.457 e. The van der Waals surface area contributed by atoms with Crippen molar-refractivity contribution in [3.8, 4) is 0 Å². The van der Waals surface area contributed by atoms with Crippen LogP contribution in [-0.2, 0) is 19.1 Å². The minimum absolute atomic E-state index is 0.0884. The van der Waals surface area contributed by atoms with Crippen molar-refractivity contribution >= 4 is 11.8 Å². The summed E-state index contributed by atoms with van der Waals surface area (Å²) >= 11 is 0. The SMILES string of the molecule is C=C(C)C1C(=O)[C@H]2C1[C@@H](O)[C@H]1OC(=O)[C@@]34O[C@@H]3CC2(O)[C@@]14C. The number of epoxide rings is 1. The molecule has 9 atom stereocenters. The number of carbonyl (C=O) groups is 2. The van der Waals surface area contributed by atoms with Gasteiger partial charge in [-0.25, -0.2) is 4.79 Å². The number of ketones is 1. The van der Waals surface area contributed by atoms with Crippen LogP contribution in [0.25, 0.3) is 0 Å². The molecule has 1 spiro atoms. The second-order valence-electron chi connectivity index (χ2n) is 7.77. The van der Waals surface area contributed by atoms with Crippen LogP contribution in [0.4, 0.5) is 0 Å². The Hall–Kier alpha value is -1.24. The lowest BCUT2D eigenvalue weighted by Crippen LogP contribution is -2.76. The van der Waals surface area contributed by atoms with E-state index in [1.807, 2.05) is 0 Å². The van der Waals surface area contributed by atoms with Gasteiger partial charge in [0, 0.05) is 18.3 Å². The van der Waals surface area contributed by atoms with Crippen molar-refractivity contribution in [2.24, 2.45) is 23.2 Å². The second-order valence-corrected chi connectivity index (χ2v) is 7.77. The molecule has 5 aliphatic rings. The van der Waals surface area contributed by atoms with Crippen LogP contribution in [-0.4, -0.2) is 51.5 Å².